The van der Waals surface area contributed by atoms with Gasteiger partial charge in [-0.15, -0.1) is 0 Å². The van der Waals surface area contributed by atoms with Crippen molar-refractivity contribution >= 4 is 34.9 Å². The number of carbonyl (C=O) groups is 2. The third kappa shape index (κ3) is 1.90. The molecule has 2 rings (SSSR count). The van der Waals surface area contributed by atoms with Crippen molar-refractivity contribution < 1.29 is 14.7 Å². The lowest BCUT2D eigenvalue weighted by Gasteiger charge is -1.97. The highest BCUT2D eigenvalue weighted by Gasteiger charge is 2.25. The summed E-state index contributed by atoms with van der Waals surface area (Å²) in [5.74, 6) is -1.49. The molecule has 82 valence electrons. The molecule has 0 radical (unpaired) electrons. The number of hydrogen-bond donors (Lipinski definition) is 2. The van der Waals surface area contributed by atoms with Crippen LogP contribution in [0.15, 0.2) is 23.2 Å². The summed E-state index contributed by atoms with van der Waals surface area (Å²) in [6.45, 7) is -0.436. The minimum Gasteiger partial charge on any atom is -0.480 e. The molecule has 0 bridgehead atoms. The highest BCUT2D eigenvalue weighted by atomic mass is 35.5. The van der Waals surface area contributed by atoms with Gasteiger partial charge in [0.15, 0.2) is 0 Å². The molecule has 0 atom stereocenters. The highest BCUT2D eigenvalue weighted by Crippen LogP contribution is 2.26. The van der Waals surface area contributed by atoms with Gasteiger partial charge in [0.1, 0.15) is 12.3 Å². The number of aliphatic carboxylic acids is 1. The largest absolute Gasteiger partial charge is 0.480 e. The molecule has 6 heteroatoms. The van der Waals surface area contributed by atoms with Crippen LogP contribution in [0, 0.1) is 0 Å². The first-order valence-corrected chi connectivity index (χ1v) is 4.83. The van der Waals surface area contributed by atoms with Crippen molar-refractivity contribution in [2.75, 3.05) is 11.9 Å². The molecule has 0 saturated heterocycles. The number of fused-ring (bicyclic) bond motifs is 1. The molecule has 0 fully saturated rings. The predicted molar refractivity (Wildman–Crippen MR) is 59.1 cm³/mol. The Bertz CT molecular complexity index is 511. The molecule has 1 amide bonds. The van der Waals surface area contributed by atoms with Crippen LogP contribution in [-0.4, -0.2) is 29.2 Å². The minimum atomic E-state index is -1.09. The van der Waals surface area contributed by atoms with Crippen molar-refractivity contribution in [3.05, 3.63) is 28.8 Å². The molecule has 0 unspecified atom stereocenters. The highest BCUT2D eigenvalue weighted by molar-refractivity contribution is 6.54. The van der Waals surface area contributed by atoms with Crippen LogP contribution in [0.1, 0.15) is 5.56 Å². The van der Waals surface area contributed by atoms with E-state index in [-0.39, 0.29) is 5.71 Å². The smallest absolute Gasteiger partial charge is 0.325 e. The number of carboxylic acids is 1. The summed E-state index contributed by atoms with van der Waals surface area (Å²) in [5, 5.41) is 11.5. The summed E-state index contributed by atoms with van der Waals surface area (Å²) in [7, 11) is 0. The molecule has 1 heterocycles. The standard InChI is InChI=1S/C10H7ClN2O3/c11-5-1-2-7-6(3-5)9(10(16)13-7)12-4-8(14)15/h1-3H,4H2,(H,14,15)(H,12,13,16). The molecule has 1 aromatic carbocycles. The van der Waals surface area contributed by atoms with Crippen LogP contribution in [0.5, 0.6) is 0 Å². The Balaban J connectivity index is 2.42. The molecule has 0 aliphatic carbocycles. The van der Waals surface area contributed by atoms with Crippen LogP contribution in [0.2, 0.25) is 5.02 Å². The number of aliphatic imine (C=N–C) groups is 1. The van der Waals surface area contributed by atoms with Gasteiger partial charge in [0.25, 0.3) is 5.91 Å². The zero-order valence-electron chi connectivity index (χ0n) is 8.03. The van der Waals surface area contributed by atoms with E-state index in [0.717, 1.165) is 0 Å². The van der Waals surface area contributed by atoms with Gasteiger partial charge in [0.05, 0.1) is 5.69 Å². The number of anilines is 1. The molecule has 5 nitrogen and oxygen atoms in total. The average molecular weight is 239 g/mol. The normalized spacial score (nSPS) is 16.1. The lowest BCUT2D eigenvalue weighted by atomic mass is 10.1. The van der Waals surface area contributed by atoms with E-state index in [4.69, 9.17) is 16.7 Å². The van der Waals surface area contributed by atoms with Gasteiger partial charge in [-0.1, -0.05) is 11.6 Å². The van der Waals surface area contributed by atoms with Gasteiger partial charge < -0.3 is 10.4 Å². The van der Waals surface area contributed by atoms with Crippen LogP contribution in [-0.2, 0) is 9.59 Å². The lowest BCUT2D eigenvalue weighted by Crippen LogP contribution is -2.16. The van der Waals surface area contributed by atoms with Gasteiger partial charge in [-0.3, -0.25) is 14.6 Å². The van der Waals surface area contributed by atoms with Gasteiger partial charge >= 0.3 is 5.97 Å². The third-order valence-electron chi connectivity index (χ3n) is 2.07. The van der Waals surface area contributed by atoms with Gasteiger partial charge in [-0.2, -0.15) is 0 Å². The van der Waals surface area contributed by atoms with Gasteiger partial charge in [0, 0.05) is 10.6 Å². The number of carboxylic acid groups (broad SMARTS) is 1. The number of rotatable bonds is 2. The summed E-state index contributed by atoms with van der Waals surface area (Å²) in [6, 6.07) is 4.87. The zero-order chi connectivity index (χ0) is 11.7. The fourth-order valence-corrected chi connectivity index (χ4v) is 1.60. The van der Waals surface area contributed by atoms with Crippen LogP contribution >= 0.6 is 11.6 Å². The number of hydrogen-bond acceptors (Lipinski definition) is 3. The van der Waals surface area contributed by atoms with Crippen LogP contribution in [0.3, 0.4) is 0 Å². The van der Waals surface area contributed by atoms with Crippen molar-refractivity contribution in [1.29, 1.82) is 0 Å². The van der Waals surface area contributed by atoms with Gasteiger partial charge in [-0.25, -0.2) is 0 Å². The fraction of sp³-hybridized carbons (Fsp3) is 0.100. The lowest BCUT2D eigenvalue weighted by molar-refractivity contribution is -0.135. The van der Waals surface area contributed by atoms with Crippen LogP contribution in [0.4, 0.5) is 5.69 Å². The van der Waals surface area contributed by atoms with E-state index in [1.54, 1.807) is 18.2 Å². The van der Waals surface area contributed by atoms with Gasteiger partial charge in [-0.05, 0) is 18.2 Å². The molecule has 2 N–H and O–H groups in total. The zero-order valence-corrected chi connectivity index (χ0v) is 8.78. The Kier molecular flexibility index (Phi) is 2.62. The van der Waals surface area contributed by atoms with E-state index in [9.17, 15) is 9.59 Å². The molecular weight excluding hydrogens is 232 g/mol. The predicted octanol–water partition coefficient (Wildman–Crippen LogP) is 1.17. The molecule has 0 saturated carbocycles. The number of nitrogens with one attached hydrogen (secondary N) is 1. The number of amides is 1. The van der Waals surface area contributed by atoms with E-state index >= 15 is 0 Å². The van der Waals surface area contributed by atoms with Crippen molar-refractivity contribution in [2.24, 2.45) is 4.99 Å². The summed E-state index contributed by atoms with van der Waals surface area (Å²) >= 11 is 5.79. The van der Waals surface area contributed by atoms with E-state index in [1.807, 2.05) is 0 Å². The first-order valence-electron chi connectivity index (χ1n) is 4.45. The maximum atomic E-state index is 11.5. The number of nitrogens with zero attached hydrogens (tertiary/aromatic N) is 1. The summed E-state index contributed by atoms with van der Waals surface area (Å²) in [4.78, 5) is 25.6. The Labute approximate surface area is 95.8 Å². The van der Waals surface area contributed by atoms with E-state index < -0.39 is 18.4 Å². The first-order chi connectivity index (χ1) is 7.58. The van der Waals surface area contributed by atoms with Crippen molar-refractivity contribution in [1.82, 2.24) is 0 Å². The number of carbonyl (C=O) groups excluding carboxylic acids is 1. The SMILES string of the molecule is O=C(O)CN=C1C(=O)Nc2ccc(Cl)cc21. The van der Waals surface area contributed by atoms with Crippen molar-refractivity contribution in [3.8, 4) is 0 Å². The second-order valence-corrected chi connectivity index (χ2v) is 3.64. The Morgan fingerprint density at radius 1 is 1.50 bits per heavy atom. The van der Waals surface area contributed by atoms with E-state index in [2.05, 4.69) is 10.3 Å². The summed E-state index contributed by atoms with van der Waals surface area (Å²) in [5.41, 5.74) is 1.25. The second-order valence-electron chi connectivity index (χ2n) is 3.20. The minimum absolute atomic E-state index is 0.111. The van der Waals surface area contributed by atoms with Crippen LogP contribution < -0.4 is 5.32 Å². The topological polar surface area (TPSA) is 78.8 Å². The molecule has 1 aliphatic rings. The van der Waals surface area contributed by atoms with Gasteiger partial charge in [0.2, 0.25) is 0 Å². The number of halogens is 1. The Morgan fingerprint density at radius 2 is 2.25 bits per heavy atom. The Hall–Kier alpha value is -1.88. The summed E-state index contributed by atoms with van der Waals surface area (Å²) < 4.78 is 0. The first kappa shape index (κ1) is 10.6. The average Bonchev–Trinajstić information content (AvgIpc) is 2.51. The second kappa shape index (κ2) is 3.94. The molecular formula is C10H7ClN2O3. The summed E-state index contributed by atoms with van der Waals surface area (Å²) in [6.07, 6.45) is 0. The van der Waals surface area contributed by atoms with E-state index in [1.165, 1.54) is 0 Å². The van der Waals surface area contributed by atoms with Crippen LogP contribution in [0.25, 0.3) is 0 Å². The van der Waals surface area contributed by atoms with Crippen molar-refractivity contribution in [2.45, 2.75) is 0 Å². The fourth-order valence-electron chi connectivity index (χ4n) is 1.43. The molecule has 16 heavy (non-hydrogen) atoms. The van der Waals surface area contributed by atoms with Crippen molar-refractivity contribution in [3.63, 3.8) is 0 Å². The molecule has 1 aromatic rings. The quantitative estimate of drug-likeness (QED) is 0.812. The maximum absolute atomic E-state index is 11.5. The molecule has 0 aromatic heterocycles. The maximum Gasteiger partial charge on any atom is 0.325 e. The monoisotopic (exact) mass is 238 g/mol. The third-order valence-corrected chi connectivity index (χ3v) is 2.31. The number of benzene rings is 1. The Morgan fingerprint density at radius 3 is 2.94 bits per heavy atom. The van der Waals surface area contributed by atoms with E-state index in [0.29, 0.717) is 16.3 Å². The molecule has 1 aliphatic heterocycles. The molecule has 0 spiro atoms.